The van der Waals surface area contributed by atoms with Gasteiger partial charge < -0.3 is 5.73 Å². The molecule has 2 atom stereocenters. The molecule has 2 N–H and O–H groups in total. The van der Waals surface area contributed by atoms with Crippen LogP contribution in [0.3, 0.4) is 0 Å². The maximum Gasteiger partial charge on any atom is 0.251 e. The molecule has 2 heterocycles. The highest BCUT2D eigenvalue weighted by Gasteiger charge is 2.33. The van der Waals surface area contributed by atoms with E-state index in [1.807, 2.05) is 4.90 Å². The summed E-state index contributed by atoms with van der Waals surface area (Å²) in [6.45, 7) is 1.28. The van der Waals surface area contributed by atoms with Crippen molar-refractivity contribution >= 4 is 12.4 Å². The molecule has 1 aliphatic carbocycles. The first-order valence-electron chi connectivity index (χ1n) is 11.8. The van der Waals surface area contributed by atoms with Crippen molar-refractivity contribution in [1.82, 2.24) is 19.8 Å². The predicted molar refractivity (Wildman–Crippen MR) is 127 cm³/mol. The van der Waals surface area contributed by atoms with Gasteiger partial charge in [0.1, 0.15) is 6.33 Å². The molecule has 1 aromatic carbocycles. The van der Waals surface area contributed by atoms with Gasteiger partial charge >= 0.3 is 0 Å². The van der Waals surface area contributed by atoms with Gasteiger partial charge in [0, 0.05) is 25.0 Å². The number of guanidine groups is 1. The Morgan fingerprint density at radius 1 is 1.24 bits per heavy atom. The second-order valence-electron chi connectivity index (χ2n) is 9.36. The van der Waals surface area contributed by atoms with E-state index in [1.165, 1.54) is 16.8 Å². The van der Waals surface area contributed by atoms with Crippen LogP contribution in [0, 0.1) is 11.8 Å². The number of hydrogen-bond donors (Lipinski definition) is 1. The molecule has 1 aromatic heterocycles. The van der Waals surface area contributed by atoms with Crippen LogP contribution in [0.4, 0.5) is 8.78 Å². The van der Waals surface area contributed by atoms with Crippen LogP contribution in [0.1, 0.15) is 42.9 Å². The molecule has 0 radical (unpaired) electrons. The molecule has 1 unspecified atom stereocenters. The maximum absolute atomic E-state index is 12.7. The average molecular weight is 471 g/mol. The zero-order valence-corrected chi connectivity index (χ0v) is 19.5. The summed E-state index contributed by atoms with van der Waals surface area (Å²) in [6.07, 6.45) is 8.18. The SMILES string of the molecule is CN(C=O)C(N)=NC1c2cc(-c3cncnc3)ccc2CC[C@@H]1CC1CCN(CC(F)F)CC1. The van der Waals surface area contributed by atoms with E-state index in [0.717, 1.165) is 48.8 Å². The van der Waals surface area contributed by atoms with Gasteiger partial charge in [-0.25, -0.2) is 23.7 Å². The van der Waals surface area contributed by atoms with Gasteiger partial charge in [0.15, 0.2) is 5.96 Å². The number of benzene rings is 1. The second kappa shape index (κ2) is 11.0. The Kier molecular flexibility index (Phi) is 7.82. The Morgan fingerprint density at radius 2 is 1.97 bits per heavy atom. The van der Waals surface area contributed by atoms with E-state index in [1.54, 1.807) is 19.4 Å². The van der Waals surface area contributed by atoms with Gasteiger partial charge in [-0.1, -0.05) is 12.1 Å². The third-order valence-corrected chi connectivity index (χ3v) is 7.12. The van der Waals surface area contributed by atoms with E-state index in [2.05, 4.69) is 28.2 Å². The maximum atomic E-state index is 12.7. The van der Waals surface area contributed by atoms with E-state index in [9.17, 15) is 13.6 Å². The van der Waals surface area contributed by atoms with Crippen molar-refractivity contribution < 1.29 is 13.6 Å². The van der Waals surface area contributed by atoms with Crippen LogP contribution in [-0.2, 0) is 11.2 Å². The van der Waals surface area contributed by atoms with Crippen molar-refractivity contribution in [2.24, 2.45) is 22.6 Å². The first-order valence-corrected chi connectivity index (χ1v) is 11.8. The molecule has 2 aromatic rings. The summed E-state index contributed by atoms with van der Waals surface area (Å²) in [5, 5.41) is 0. The number of likely N-dealkylation sites (tertiary alicyclic amines) is 1. The van der Waals surface area contributed by atoms with E-state index in [0.29, 0.717) is 25.4 Å². The largest absolute Gasteiger partial charge is 0.369 e. The lowest BCUT2D eigenvalue weighted by Crippen LogP contribution is -2.38. The highest BCUT2D eigenvalue weighted by atomic mass is 19.3. The molecule has 1 aliphatic heterocycles. The predicted octanol–water partition coefficient (Wildman–Crippen LogP) is 3.52. The first-order chi connectivity index (χ1) is 16.4. The lowest BCUT2D eigenvalue weighted by atomic mass is 9.74. The molecular weight excluding hydrogens is 438 g/mol. The highest BCUT2D eigenvalue weighted by molar-refractivity contribution is 5.87. The Hall–Kier alpha value is -2.94. The van der Waals surface area contributed by atoms with Gasteiger partial charge in [0.25, 0.3) is 6.43 Å². The Labute approximate surface area is 199 Å². The van der Waals surface area contributed by atoms with Gasteiger partial charge in [-0.15, -0.1) is 0 Å². The van der Waals surface area contributed by atoms with Gasteiger partial charge in [-0.2, -0.15) is 0 Å². The molecule has 0 spiro atoms. The summed E-state index contributed by atoms with van der Waals surface area (Å²) in [5.74, 6) is 0.923. The third-order valence-electron chi connectivity index (χ3n) is 7.12. The number of hydrogen-bond acceptors (Lipinski definition) is 5. The summed E-state index contributed by atoms with van der Waals surface area (Å²) in [5.41, 5.74) is 10.5. The van der Waals surface area contributed by atoms with E-state index < -0.39 is 6.43 Å². The normalized spacial score (nSPS) is 21.9. The number of fused-ring (bicyclic) bond motifs is 1. The van der Waals surface area contributed by atoms with Gasteiger partial charge in [0.05, 0.1) is 12.6 Å². The van der Waals surface area contributed by atoms with Crippen LogP contribution in [0.15, 0.2) is 41.9 Å². The number of carbonyl (C=O) groups excluding carboxylic acids is 1. The topological polar surface area (TPSA) is 87.7 Å². The van der Waals surface area contributed by atoms with Crippen molar-refractivity contribution in [3.05, 3.63) is 48.0 Å². The number of nitrogens with two attached hydrogens (primary N) is 1. The number of aliphatic imine (C=N–C) groups is 1. The van der Waals surface area contributed by atoms with Crippen molar-refractivity contribution in [3.63, 3.8) is 0 Å². The Morgan fingerprint density at radius 3 is 2.65 bits per heavy atom. The fourth-order valence-electron chi connectivity index (χ4n) is 5.22. The molecule has 1 amide bonds. The van der Waals surface area contributed by atoms with E-state index in [-0.39, 0.29) is 24.5 Å². The number of amides is 1. The molecule has 2 aliphatic rings. The van der Waals surface area contributed by atoms with Crippen LogP contribution >= 0.6 is 0 Å². The summed E-state index contributed by atoms with van der Waals surface area (Å²) in [7, 11) is 1.60. The van der Waals surface area contributed by atoms with Crippen LogP contribution in [0.25, 0.3) is 11.1 Å². The molecule has 7 nitrogen and oxygen atoms in total. The number of nitrogens with zero attached hydrogens (tertiary/aromatic N) is 5. The minimum Gasteiger partial charge on any atom is -0.369 e. The number of carbonyl (C=O) groups is 1. The van der Waals surface area contributed by atoms with Crippen molar-refractivity contribution in [1.29, 1.82) is 0 Å². The van der Waals surface area contributed by atoms with Crippen molar-refractivity contribution in [2.45, 2.75) is 44.6 Å². The summed E-state index contributed by atoms with van der Waals surface area (Å²) in [6, 6.07) is 6.19. The lowest BCUT2D eigenvalue weighted by Gasteiger charge is -2.37. The number of halogens is 2. The molecule has 9 heteroatoms. The zero-order chi connectivity index (χ0) is 24.1. The molecule has 4 rings (SSSR count). The molecule has 0 bridgehead atoms. The minimum absolute atomic E-state index is 0.142. The van der Waals surface area contributed by atoms with Gasteiger partial charge in [-0.05, 0) is 79.8 Å². The zero-order valence-electron chi connectivity index (χ0n) is 19.5. The molecule has 1 saturated heterocycles. The fraction of sp³-hybridized carbons (Fsp3) is 0.520. The van der Waals surface area contributed by atoms with Crippen LogP contribution in [-0.4, -0.2) is 65.2 Å². The monoisotopic (exact) mass is 470 g/mol. The van der Waals surface area contributed by atoms with Gasteiger partial charge in [-0.3, -0.25) is 14.6 Å². The van der Waals surface area contributed by atoms with Crippen LogP contribution in [0.5, 0.6) is 0 Å². The molecule has 182 valence electrons. The summed E-state index contributed by atoms with van der Waals surface area (Å²) < 4.78 is 25.5. The van der Waals surface area contributed by atoms with E-state index >= 15 is 0 Å². The molecule has 1 fully saturated rings. The number of aryl methyl sites for hydroxylation is 1. The quantitative estimate of drug-likeness (QED) is 0.380. The lowest BCUT2D eigenvalue weighted by molar-refractivity contribution is -0.114. The number of aromatic nitrogens is 2. The minimum atomic E-state index is -2.29. The van der Waals surface area contributed by atoms with Crippen LogP contribution < -0.4 is 5.73 Å². The fourth-order valence-corrected chi connectivity index (χ4v) is 5.22. The summed E-state index contributed by atoms with van der Waals surface area (Å²) >= 11 is 0. The smallest absolute Gasteiger partial charge is 0.251 e. The van der Waals surface area contributed by atoms with E-state index in [4.69, 9.17) is 10.7 Å². The number of piperidine rings is 1. The number of alkyl halides is 2. The second-order valence-corrected chi connectivity index (χ2v) is 9.36. The highest BCUT2D eigenvalue weighted by Crippen LogP contribution is 2.43. The molecular formula is C25H32F2N6O. The Balaban J connectivity index is 1.59. The number of rotatable bonds is 7. The van der Waals surface area contributed by atoms with Crippen molar-refractivity contribution in [2.75, 3.05) is 26.7 Å². The molecule has 0 saturated carbocycles. The van der Waals surface area contributed by atoms with Crippen LogP contribution in [0.2, 0.25) is 0 Å². The standard InChI is InChI=1S/C25H32F2N6O/c1-32(16-34)25(28)31-24-20(10-17-6-8-33(9-7-17)14-23(26)27)5-3-18-2-4-19(11-22(18)24)21-12-29-15-30-13-21/h2,4,11-13,15-17,20,23-24H,3,5-10,14H2,1H3,(H2,28,31)/t20-,24?/m1/s1. The van der Waals surface area contributed by atoms with Gasteiger partial charge in [0.2, 0.25) is 6.41 Å². The first kappa shape index (κ1) is 24.2. The average Bonchev–Trinajstić information content (AvgIpc) is 2.85. The van der Waals surface area contributed by atoms with Crippen molar-refractivity contribution in [3.8, 4) is 11.1 Å². The summed E-state index contributed by atoms with van der Waals surface area (Å²) in [4.78, 5) is 27.5. The third kappa shape index (κ3) is 5.75. The molecule has 34 heavy (non-hydrogen) atoms. The Bertz CT molecular complexity index is 994.